The van der Waals surface area contributed by atoms with Gasteiger partial charge in [0.25, 0.3) is 0 Å². The van der Waals surface area contributed by atoms with E-state index in [1.54, 1.807) is 0 Å². The highest BCUT2D eigenvalue weighted by Gasteiger charge is 2.60. The van der Waals surface area contributed by atoms with Crippen LogP contribution in [0, 0.1) is 11.8 Å². The summed E-state index contributed by atoms with van der Waals surface area (Å²) in [7, 11) is 0. The molecule has 1 aromatic rings. The first-order valence-corrected chi connectivity index (χ1v) is 8.90. The average Bonchev–Trinajstić information content (AvgIpc) is 3.20. The predicted molar refractivity (Wildman–Crippen MR) is 87.4 cm³/mol. The molecule has 2 unspecified atom stereocenters. The molecule has 2 saturated heterocycles. The lowest BCUT2D eigenvalue weighted by Crippen LogP contribution is -2.59. The molecule has 0 bridgehead atoms. The normalized spacial score (nSPS) is 39.7. The number of ether oxygens (including phenoxy) is 1. The fraction of sp³-hybridized carbons (Fsp3) is 0.579. The smallest absolute Gasteiger partial charge is 0.407 e. The van der Waals surface area contributed by atoms with Crippen molar-refractivity contribution in [3.63, 3.8) is 0 Å². The zero-order valence-electron chi connectivity index (χ0n) is 13.7. The minimum absolute atomic E-state index is 0.0372. The predicted octanol–water partition coefficient (Wildman–Crippen LogP) is 2.07. The van der Waals surface area contributed by atoms with E-state index in [-0.39, 0.29) is 28.9 Å². The zero-order valence-corrected chi connectivity index (χ0v) is 13.7. The van der Waals surface area contributed by atoms with E-state index in [1.165, 1.54) is 12.0 Å². The molecule has 4 fully saturated rings. The molecule has 5 heteroatoms. The Morgan fingerprint density at radius 3 is 2.71 bits per heavy atom. The number of carbonyl (C=O) groups is 2. The van der Waals surface area contributed by atoms with Crippen LogP contribution in [0.3, 0.4) is 0 Å². The van der Waals surface area contributed by atoms with Crippen LogP contribution < -0.4 is 5.32 Å². The van der Waals surface area contributed by atoms with Gasteiger partial charge < -0.3 is 15.0 Å². The zero-order chi connectivity index (χ0) is 16.4. The summed E-state index contributed by atoms with van der Waals surface area (Å²) in [6, 6.07) is 10.7. The Morgan fingerprint density at radius 2 is 2.00 bits per heavy atom. The number of alkyl carbamates (subject to hydrolysis) is 1. The third-order valence-electron chi connectivity index (χ3n) is 6.58. The van der Waals surface area contributed by atoms with Gasteiger partial charge in [-0.25, -0.2) is 4.79 Å². The SMILES string of the molecule is O=C1N[C@]2(CO1)C[C@H](C(=O)N1CCC3CC3(c3ccccc3)C1)C2. The van der Waals surface area contributed by atoms with Crippen molar-refractivity contribution >= 4 is 12.0 Å². The van der Waals surface area contributed by atoms with E-state index in [2.05, 4.69) is 40.5 Å². The van der Waals surface area contributed by atoms with Crippen molar-refractivity contribution in [1.29, 1.82) is 0 Å². The molecule has 1 N–H and O–H groups in total. The van der Waals surface area contributed by atoms with Crippen LogP contribution in [0.1, 0.15) is 31.2 Å². The lowest BCUT2D eigenvalue weighted by Gasteiger charge is -2.45. The molecule has 24 heavy (non-hydrogen) atoms. The molecule has 0 radical (unpaired) electrons. The number of hydrogen-bond acceptors (Lipinski definition) is 3. The fourth-order valence-corrected chi connectivity index (χ4v) is 5.12. The maximum atomic E-state index is 12.9. The fourth-order valence-electron chi connectivity index (χ4n) is 5.12. The third kappa shape index (κ3) is 2.00. The number of fused-ring (bicyclic) bond motifs is 1. The van der Waals surface area contributed by atoms with Gasteiger partial charge in [-0.15, -0.1) is 0 Å². The van der Waals surface area contributed by atoms with Gasteiger partial charge in [0.1, 0.15) is 6.61 Å². The van der Waals surface area contributed by atoms with E-state index < -0.39 is 0 Å². The van der Waals surface area contributed by atoms with Gasteiger partial charge in [-0.3, -0.25) is 4.79 Å². The summed E-state index contributed by atoms with van der Waals surface area (Å²) in [6.45, 7) is 2.14. The molecule has 2 aliphatic carbocycles. The van der Waals surface area contributed by atoms with E-state index in [4.69, 9.17) is 4.74 Å². The van der Waals surface area contributed by atoms with Crippen LogP contribution in [0.15, 0.2) is 30.3 Å². The number of carbonyl (C=O) groups excluding carboxylic acids is 2. The lowest BCUT2D eigenvalue weighted by molar-refractivity contribution is -0.142. The average molecular weight is 326 g/mol. The number of cyclic esters (lactones) is 1. The number of nitrogens with zero attached hydrogens (tertiary/aromatic N) is 1. The van der Waals surface area contributed by atoms with Gasteiger partial charge in [0, 0.05) is 24.4 Å². The molecule has 1 spiro atoms. The Labute approximate surface area is 141 Å². The third-order valence-corrected chi connectivity index (χ3v) is 6.58. The summed E-state index contributed by atoms with van der Waals surface area (Å²) in [5.41, 5.74) is 1.31. The molecule has 5 rings (SSSR count). The van der Waals surface area contributed by atoms with Crippen LogP contribution in [0.5, 0.6) is 0 Å². The van der Waals surface area contributed by atoms with Crippen molar-refractivity contribution in [2.45, 2.75) is 36.6 Å². The lowest BCUT2D eigenvalue weighted by atomic mass is 9.68. The van der Waals surface area contributed by atoms with Crippen LogP contribution in [-0.2, 0) is 14.9 Å². The van der Waals surface area contributed by atoms with Crippen molar-refractivity contribution in [2.24, 2.45) is 11.8 Å². The van der Waals surface area contributed by atoms with Crippen molar-refractivity contribution in [2.75, 3.05) is 19.7 Å². The monoisotopic (exact) mass is 326 g/mol. The van der Waals surface area contributed by atoms with Gasteiger partial charge >= 0.3 is 6.09 Å². The second kappa shape index (κ2) is 4.74. The second-order valence-corrected chi connectivity index (χ2v) is 8.06. The first kappa shape index (κ1) is 14.3. The molecular formula is C19H22N2O3. The topological polar surface area (TPSA) is 58.6 Å². The highest BCUT2D eigenvalue weighted by atomic mass is 16.6. The minimum Gasteiger partial charge on any atom is -0.447 e. The maximum Gasteiger partial charge on any atom is 0.407 e. The Bertz CT molecular complexity index is 698. The first-order valence-electron chi connectivity index (χ1n) is 8.90. The van der Waals surface area contributed by atoms with Gasteiger partial charge in [0.15, 0.2) is 0 Å². The van der Waals surface area contributed by atoms with Gasteiger partial charge in [-0.05, 0) is 37.2 Å². The number of amides is 2. The van der Waals surface area contributed by atoms with Gasteiger partial charge in [-0.2, -0.15) is 0 Å². The van der Waals surface area contributed by atoms with Crippen LogP contribution in [0.25, 0.3) is 0 Å². The summed E-state index contributed by atoms with van der Waals surface area (Å²) < 4.78 is 5.01. The van der Waals surface area contributed by atoms with Gasteiger partial charge in [0.2, 0.25) is 5.91 Å². The standard InChI is InChI=1S/C19H22N2O3/c22-16(13-8-18(9-13)12-24-17(23)20-18)21-7-6-15-10-19(15,11-21)14-4-2-1-3-5-14/h1-5,13,15H,6-12H2,(H,20,23)/t13-,15?,18+,19?. The summed E-state index contributed by atoms with van der Waals surface area (Å²) in [6.07, 6.45) is 3.41. The minimum atomic E-state index is -0.345. The quantitative estimate of drug-likeness (QED) is 0.905. The van der Waals surface area contributed by atoms with Crippen LogP contribution in [-0.4, -0.2) is 42.1 Å². The summed E-state index contributed by atoms with van der Waals surface area (Å²) >= 11 is 0. The van der Waals surface area contributed by atoms with Crippen LogP contribution in [0.2, 0.25) is 0 Å². The van der Waals surface area contributed by atoms with Crippen molar-refractivity contribution in [3.8, 4) is 0 Å². The Hall–Kier alpha value is -2.04. The molecule has 4 aliphatic rings. The van der Waals surface area contributed by atoms with Crippen LogP contribution >= 0.6 is 0 Å². The van der Waals surface area contributed by atoms with Crippen molar-refractivity contribution in [3.05, 3.63) is 35.9 Å². The molecule has 5 nitrogen and oxygen atoms in total. The van der Waals surface area contributed by atoms with E-state index >= 15 is 0 Å². The van der Waals surface area contributed by atoms with Crippen molar-refractivity contribution in [1.82, 2.24) is 10.2 Å². The molecule has 0 aromatic heterocycles. The molecule has 2 aliphatic heterocycles. The molecular weight excluding hydrogens is 304 g/mol. The van der Waals surface area contributed by atoms with Gasteiger partial charge in [0.05, 0.1) is 5.54 Å². The Kier molecular flexibility index (Phi) is 2.83. The maximum absolute atomic E-state index is 12.9. The highest BCUT2D eigenvalue weighted by Crippen LogP contribution is 2.59. The summed E-state index contributed by atoms with van der Waals surface area (Å²) in [5.74, 6) is 1.04. The second-order valence-electron chi connectivity index (χ2n) is 8.06. The number of nitrogens with one attached hydrogen (secondary N) is 1. The highest BCUT2D eigenvalue weighted by molar-refractivity contribution is 5.82. The largest absolute Gasteiger partial charge is 0.447 e. The van der Waals surface area contributed by atoms with E-state index in [0.29, 0.717) is 6.61 Å². The molecule has 126 valence electrons. The molecule has 2 saturated carbocycles. The molecule has 2 heterocycles. The van der Waals surface area contributed by atoms with E-state index in [0.717, 1.165) is 38.3 Å². The summed E-state index contributed by atoms with van der Waals surface area (Å²) in [5, 5.41) is 2.87. The van der Waals surface area contributed by atoms with Crippen LogP contribution in [0.4, 0.5) is 4.79 Å². The molecule has 2 amide bonds. The Morgan fingerprint density at radius 1 is 1.21 bits per heavy atom. The number of piperidine rings is 1. The first-order chi connectivity index (χ1) is 11.6. The Balaban J connectivity index is 1.27. The molecule has 1 aromatic carbocycles. The van der Waals surface area contributed by atoms with Crippen molar-refractivity contribution < 1.29 is 14.3 Å². The van der Waals surface area contributed by atoms with E-state index in [9.17, 15) is 9.59 Å². The van der Waals surface area contributed by atoms with E-state index in [1.807, 2.05) is 0 Å². The van der Waals surface area contributed by atoms with Gasteiger partial charge in [-0.1, -0.05) is 30.3 Å². The molecule has 2 atom stereocenters. The number of rotatable bonds is 2. The summed E-state index contributed by atoms with van der Waals surface area (Å²) in [4.78, 5) is 26.2. The number of likely N-dealkylation sites (tertiary alicyclic amines) is 1. The number of benzene rings is 1. The number of hydrogen-bond donors (Lipinski definition) is 1.